The highest BCUT2D eigenvalue weighted by Crippen LogP contribution is 2.38. The maximum atomic E-state index is 12.8. The van der Waals surface area contributed by atoms with E-state index in [4.69, 9.17) is 22.1 Å². The fourth-order valence-corrected chi connectivity index (χ4v) is 3.02. The second-order valence-electron chi connectivity index (χ2n) is 5.73. The first-order chi connectivity index (χ1) is 10.1. The number of rotatable bonds is 5. The molecule has 0 saturated carbocycles. The lowest BCUT2D eigenvalue weighted by atomic mass is 9.73. The zero-order chi connectivity index (χ0) is 15.3. The van der Waals surface area contributed by atoms with Crippen LogP contribution < -0.4 is 11.1 Å². The second kappa shape index (κ2) is 8.73. The summed E-state index contributed by atoms with van der Waals surface area (Å²) in [5.74, 6) is 0.288. The molecule has 0 aliphatic carbocycles. The van der Waals surface area contributed by atoms with Crippen LogP contribution in [0.3, 0.4) is 0 Å². The largest absolute Gasteiger partial charge is 0.381 e. The van der Waals surface area contributed by atoms with Gasteiger partial charge in [0.25, 0.3) is 0 Å². The summed E-state index contributed by atoms with van der Waals surface area (Å²) < 4.78 is 5.44. The van der Waals surface area contributed by atoms with Gasteiger partial charge in [0.15, 0.2) is 0 Å². The lowest BCUT2D eigenvalue weighted by Gasteiger charge is -2.37. The van der Waals surface area contributed by atoms with Crippen LogP contribution in [0.1, 0.15) is 25.3 Å². The highest BCUT2D eigenvalue weighted by molar-refractivity contribution is 6.31. The Labute approximate surface area is 143 Å². The van der Waals surface area contributed by atoms with E-state index in [0.717, 1.165) is 5.56 Å². The minimum absolute atomic E-state index is 0. The topological polar surface area (TPSA) is 64.3 Å². The molecular formula is C16H24Cl2N2O2. The summed E-state index contributed by atoms with van der Waals surface area (Å²) in [6.07, 6.45) is 1.30. The fraction of sp³-hybridized carbons (Fsp3) is 0.562. The van der Waals surface area contributed by atoms with E-state index in [0.29, 0.717) is 44.2 Å². The number of hydrogen-bond donors (Lipinski definition) is 2. The standard InChI is InChI=1S/C16H23ClN2O2.ClH/c1-12(10-18)11-19-15(20)16(6-8-21-9-7-16)13-4-2-3-5-14(13)17;/h2-5,12H,6-11,18H2,1H3,(H,19,20);1H. The van der Waals surface area contributed by atoms with Gasteiger partial charge in [0.1, 0.15) is 0 Å². The van der Waals surface area contributed by atoms with Gasteiger partial charge in [0, 0.05) is 24.8 Å². The van der Waals surface area contributed by atoms with Crippen molar-refractivity contribution in [2.75, 3.05) is 26.3 Å². The number of hydrogen-bond acceptors (Lipinski definition) is 3. The van der Waals surface area contributed by atoms with Crippen LogP contribution in [0.2, 0.25) is 5.02 Å². The molecule has 1 atom stereocenters. The van der Waals surface area contributed by atoms with Crippen LogP contribution in [-0.4, -0.2) is 32.2 Å². The highest BCUT2D eigenvalue weighted by atomic mass is 35.5. The number of ether oxygens (including phenoxy) is 1. The Hall–Kier alpha value is -0.810. The van der Waals surface area contributed by atoms with Crippen molar-refractivity contribution in [1.82, 2.24) is 5.32 Å². The number of carbonyl (C=O) groups excluding carboxylic acids is 1. The van der Waals surface area contributed by atoms with Crippen molar-refractivity contribution in [3.05, 3.63) is 34.9 Å². The predicted molar refractivity (Wildman–Crippen MR) is 91.7 cm³/mol. The van der Waals surface area contributed by atoms with Gasteiger partial charge >= 0.3 is 0 Å². The van der Waals surface area contributed by atoms with E-state index in [-0.39, 0.29) is 24.2 Å². The summed E-state index contributed by atoms with van der Waals surface area (Å²) in [6.45, 7) is 4.31. The minimum atomic E-state index is -0.592. The Kier molecular flexibility index (Phi) is 7.63. The Bertz CT molecular complexity index is 491. The van der Waals surface area contributed by atoms with Crippen LogP contribution in [0.15, 0.2) is 24.3 Å². The van der Waals surface area contributed by atoms with Crippen LogP contribution in [0.5, 0.6) is 0 Å². The first-order valence-corrected chi connectivity index (χ1v) is 7.79. The van der Waals surface area contributed by atoms with E-state index < -0.39 is 5.41 Å². The van der Waals surface area contributed by atoms with Crippen molar-refractivity contribution < 1.29 is 9.53 Å². The van der Waals surface area contributed by atoms with E-state index in [1.165, 1.54) is 0 Å². The Morgan fingerprint density at radius 1 is 1.41 bits per heavy atom. The Balaban J connectivity index is 0.00000242. The van der Waals surface area contributed by atoms with Gasteiger partial charge in [-0.15, -0.1) is 12.4 Å². The van der Waals surface area contributed by atoms with E-state index in [9.17, 15) is 4.79 Å². The van der Waals surface area contributed by atoms with E-state index in [1.54, 1.807) is 0 Å². The molecule has 1 unspecified atom stereocenters. The SMILES string of the molecule is CC(CN)CNC(=O)C1(c2ccccc2Cl)CCOCC1.Cl. The van der Waals surface area contributed by atoms with Crippen LogP contribution in [0.25, 0.3) is 0 Å². The molecule has 1 saturated heterocycles. The van der Waals surface area contributed by atoms with Crippen molar-refractivity contribution in [1.29, 1.82) is 0 Å². The van der Waals surface area contributed by atoms with Crippen molar-refractivity contribution in [2.45, 2.75) is 25.2 Å². The second-order valence-corrected chi connectivity index (χ2v) is 6.13. The molecule has 0 aromatic heterocycles. The van der Waals surface area contributed by atoms with Gasteiger partial charge in [-0.3, -0.25) is 4.79 Å². The number of halogens is 2. The molecule has 2 rings (SSSR count). The van der Waals surface area contributed by atoms with Gasteiger partial charge in [-0.2, -0.15) is 0 Å². The van der Waals surface area contributed by atoms with E-state index >= 15 is 0 Å². The lowest BCUT2D eigenvalue weighted by Crippen LogP contribution is -2.49. The summed E-state index contributed by atoms with van der Waals surface area (Å²) in [5, 5.41) is 3.68. The molecule has 0 radical (unpaired) electrons. The minimum Gasteiger partial charge on any atom is -0.381 e. The molecular weight excluding hydrogens is 323 g/mol. The van der Waals surface area contributed by atoms with Crippen LogP contribution >= 0.6 is 24.0 Å². The molecule has 0 spiro atoms. The lowest BCUT2D eigenvalue weighted by molar-refractivity contribution is -0.130. The van der Waals surface area contributed by atoms with Gasteiger partial charge in [0.2, 0.25) is 5.91 Å². The molecule has 1 aromatic rings. The zero-order valence-corrected chi connectivity index (χ0v) is 14.4. The first-order valence-electron chi connectivity index (χ1n) is 7.41. The number of carbonyl (C=O) groups is 1. The average molecular weight is 347 g/mol. The van der Waals surface area contributed by atoms with Crippen LogP contribution in [-0.2, 0) is 14.9 Å². The first kappa shape index (κ1) is 19.2. The predicted octanol–water partition coefficient (Wildman–Crippen LogP) is 2.52. The quantitative estimate of drug-likeness (QED) is 0.860. The van der Waals surface area contributed by atoms with Gasteiger partial charge in [-0.1, -0.05) is 36.7 Å². The van der Waals surface area contributed by atoms with Gasteiger partial charge in [0.05, 0.1) is 5.41 Å². The molecule has 124 valence electrons. The molecule has 6 heteroatoms. The molecule has 3 N–H and O–H groups in total. The van der Waals surface area contributed by atoms with Crippen molar-refractivity contribution in [3.8, 4) is 0 Å². The molecule has 0 bridgehead atoms. The van der Waals surface area contributed by atoms with Gasteiger partial charge < -0.3 is 15.8 Å². The highest BCUT2D eigenvalue weighted by Gasteiger charge is 2.42. The molecule has 1 heterocycles. The molecule has 1 fully saturated rings. The molecule has 1 aliphatic rings. The summed E-state index contributed by atoms with van der Waals surface area (Å²) in [5.41, 5.74) is 5.92. The third kappa shape index (κ3) is 4.13. The Morgan fingerprint density at radius 3 is 2.64 bits per heavy atom. The summed E-state index contributed by atoms with van der Waals surface area (Å²) in [4.78, 5) is 12.8. The summed E-state index contributed by atoms with van der Waals surface area (Å²) >= 11 is 6.34. The fourth-order valence-electron chi connectivity index (χ4n) is 2.71. The number of amides is 1. The van der Waals surface area contributed by atoms with Crippen molar-refractivity contribution in [2.24, 2.45) is 11.7 Å². The number of benzene rings is 1. The smallest absolute Gasteiger partial charge is 0.230 e. The maximum absolute atomic E-state index is 12.8. The van der Waals surface area contributed by atoms with Gasteiger partial charge in [-0.05, 0) is 36.9 Å². The molecule has 22 heavy (non-hydrogen) atoms. The monoisotopic (exact) mass is 346 g/mol. The zero-order valence-electron chi connectivity index (χ0n) is 12.8. The van der Waals surface area contributed by atoms with Crippen molar-refractivity contribution >= 4 is 29.9 Å². The summed E-state index contributed by atoms with van der Waals surface area (Å²) in [7, 11) is 0. The molecule has 1 aromatic carbocycles. The Morgan fingerprint density at radius 2 is 2.05 bits per heavy atom. The van der Waals surface area contributed by atoms with Gasteiger partial charge in [-0.25, -0.2) is 0 Å². The normalized spacial score (nSPS) is 18.1. The molecule has 4 nitrogen and oxygen atoms in total. The van der Waals surface area contributed by atoms with Crippen LogP contribution in [0, 0.1) is 5.92 Å². The number of nitrogens with two attached hydrogens (primary N) is 1. The third-order valence-corrected chi connectivity index (χ3v) is 4.51. The average Bonchev–Trinajstić information content (AvgIpc) is 2.53. The molecule has 1 amide bonds. The maximum Gasteiger partial charge on any atom is 0.230 e. The van der Waals surface area contributed by atoms with Crippen molar-refractivity contribution in [3.63, 3.8) is 0 Å². The summed E-state index contributed by atoms with van der Waals surface area (Å²) in [6, 6.07) is 7.59. The van der Waals surface area contributed by atoms with E-state index in [2.05, 4.69) is 5.32 Å². The number of nitrogens with one attached hydrogen (secondary N) is 1. The van der Waals surface area contributed by atoms with Crippen LogP contribution in [0.4, 0.5) is 0 Å². The third-order valence-electron chi connectivity index (χ3n) is 4.18. The van der Waals surface area contributed by atoms with E-state index in [1.807, 2.05) is 31.2 Å². The molecule has 1 aliphatic heterocycles.